The van der Waals surface area contributed by atoms with Gasteiger partial charge in [0.2, 0.25) is 0 Å². The summed E-state index contributed by atoms with van der Waals surface area (Å²) in [6.07, 6.45) is 4.26. The van der Waals surface area contributed by atoms with Gasteiger partial charge in [0.15, 0.2) is 5.82 Å². The molecule has 1 aliphatic heterocycles. The summed E-state index contributed by atoms with van der Waals surface area (Å²) in [6.45, 7) is 6.05. The van der Waals surface area contributed by atoms with Crippen molar-refractivity contribution in [3.05, 3.63) is 17.8 Å². The number of aryl methyl sites for hydroxylation is 1. The number of nitrogens with zero attached hydrogens (tertiary/aromatic N) is 3. The predicted octanol–water partition coefficient (Wildman–Crippen LogP) is 1.35. The fourth-order valence-corrected chi connectivity index (χ4v) is 2.48. The minimum atomic E-state index is 0.407. The van der Waals surface area contributed by atoms with Gasteiger partial charge in [0, 0.05) is 19.1 Å². The van der Waals surface area contributed by atoms with Crippen LogP contribution >= 0.6 is 0 Å². The Bertz CT molecular complexity index is 353. The SMILES string of the molecule is Cc1cnnc(N2CCCC(C)C2CN)c1. The Morgan fingerprint density at radius 1 is 1.56 bits per heavy atom. The lowest BCUT2D eigenvalue weighted by Gasteiger charge is -2.40. The van der Waals surface area contributed by atoms with Gasteiger partial charge in [-0.15, -0.1) is 5.10 Å². The van der Waals surface area contributed by atoms with Gasteiger partial charge in [-0.3, -0.25) is 0 Å². The number of nitrogens with two attached hydrogens (primary N) is 1. The van der Waals surface area contributed by atoms with Gasteiger partial charge in [-0.25, -0.2) is 0 Å². The third-order valence-corrected chi connectivity index (χ3v) is 3.43. The van der Waals surface area contributed by atoms with E-state index >= 15 is 0 Å². The van der Waals surface area contributed by atoms with Crippen molar-refractivity contribution in [1.29, 1.82) is 0 Å². The van der Waals surface area contributed by atoms with Crippen LogP contribution in [0, 0.1) is 12.8 Å². The van der Waals surface area contributed by atoms with Gasteiger partial charge in [0.1, 0.15) is 0 Å². The molecule has 0 bridgehead atoms. The van der Waals surface area contributed by atoms with Crippen LogP contribution in [0.25, 0.3) is 0 Å². The molecule has 1 aromatic heterocycles. The Hall–Kier alpha value is -1.16. The number of hydrogen-bond acceptors (Lipinski definition) is 4. The summed E-state index contributed by atoms with van der Waals surface area (Å²) in [6, 6.07) is 2.50. The highest BCUT2D eigenvalue weighted by Gasteiger charge is 2.28. The monoisotopic (exact) mass is 220 g/mol. The van der Waals surface area contributed by atoms with E-state index in [2.05, 4.69) is 28.1 Å². The molecule has 0 amide bonds. The van der Waals surface area contributed by atoms with Gasteiger partial charge in [-0.2, -0.15) is 5.10 Å². The molecule has 2 rings (SSSR count). The first-order valence-corrected chi connectivity index (χ1v) is 5.98. The summed E-state index contributed by atoms with van der Waals surface area (Å²) < 4.78 is 0. The highest BCUT2D eigenvalue weighted by atomic mass is 15.3. The van der Waals surface area contributed by atoms with Crippen molar-refractivity contribution >= 4 is 5.82 Å². The molecular weight excluding hydrogens is 200 g/mol. The van der Waals surface area contributed by atoms with E-state index in [-0.39, 0.29) is 0 Å². The second kappa shape index (κ2) is 4.78. The zero-order valence-corrected chi connectivity index (χ0v) is 10.1. The van der Waals surface area contributed by atoms with E-state index in [9.17, 15) is 0 Å². The van der Waals surface area contributed by atoms with Crippen molar-refractivity contribution in [2.24, 2.45) is 11.7 Å². The van der Waals surface area contributed by atoms with Gasteiger partial charge in [-0.1, -0.05) is 6.92 Å². The molecule has 1 fully saturated rings. The summed E-state index contributed by atoms with van der Waals surface area (Å²) in [5, 5.41) is 8.24. The fourth-order valence-electron chi connectivity index (χ4n) is 2.48. The van der Waals surface area contributed by atoms with Crippen molar-refractivity contribution < 1.29 is 0 Å². The molecule has 0 saturated carbocycles. The average Bonchev–Trinajstić information content (AvgIpc) is 2.28. The molecule has 1 aromatic rings. The maximum Gasteiger partial charge on any atom is 0.151 e. The molecule has 88 valence electrons. The molecule has 16 heavy (non-hydrogen) atoms. The average molecular weight is 220 g/mol. The molecule has 4 heteroatoms. The van der Waals surface area contributed by atoms with E-state index in [1.54, 1.807) is 6.20 Å². The van der Waals surface area contributed by atoms with Crippen molar-refractivity contribution in [1.82, 2.24) is 10.2 Å². The minimum absolute atomic E-state index is 0.407. The predicted molar refractivity (Wildman–Crippen MR) is 65.4 cm³/mol. The standard InChI is InChI=1S/C12H20N4/c1-9-6-12(15-14-8-9)16-5-3-4-10(2)11(16)7-13/h6,8,10-11H,3-5,7,13H2,1-2H3. The summed E-state index contributed by atoms with van der Waals surface area (Å²) in [4.78, 5) is 2.31. The number of piperidine rings is 1. The maximum atomic E-state index is 5.87. The van der Waals surface area contributed by atoms with Crippen molar-refractivity contribution in [2.45, 2.75) is 32.7 Å². The molecule has 2 N–H and O–H groups in total. The number of anilines is 1. The van der Waals surface area contributed by atoms with Gasteiger partial charge < -0.3 is 10.6 Å². The highest BCUT2D eigenvalue weighted by molar-refractivity contribution is 5.41. The molecule has 0 aromatic carbocycles. The maximum absolute atomic E-state index is 5.87. The molecule has 1 aliphatic rings. The molecule has 2 heterocycles. The van der Waals surface area contributed by atoms with Gasteiger partial charge in [0.25, 0.3) is 0 Å². The van der Waals surface area contributed by atoms with Crippen molar-refractivity contribution in [3.8, 4) is 0 Å². The van der Waals surface area contributed by atoms with Crippen LogP contribution in [-0.2, 0) is 0 Å². The Morgan fingerprint density at radius 3 is 3.06 bits per heavy atom. The zero-order chi connectivity index (χ0) is 11.5. The first-order chi connectivity index (χ1) is 7.72. The molecule has 0 aliphatic carbocycles. The van der Waals surface area contributed by atoms with Crippen LogP contribution in [-0.4, -0.2) is 29.3 Å². The third kappa shape index (κ3) is 2.16. The van der Waals surface area contributed by atoms with Gasteiger partial charge in [0.05, 0.1) is 6.20 Å². The number of aromatic nitrogens is 2. The van der Waals surface area contributed by atoms with Crippen LogP contribution in [0.4, 0.5) is 5.82 Å². The fraction of sp³-hybridized carbons (Fsp3) is 0.667. The Labute approximate surface area is 96.9 Å². The Balaban J connectivity index is 2.24. The highest BCUT2D eigenvalue weighted by Crippen LogP contribution is 2.26. The van der Waals surface area contributed by atoms with Crippen LogP contribution in [0.2, 0.25) is 0 Å². The third-order valence-electron chi connectivity index (χ3n) is 3.43. The van der Waals surface area contributed by atoms with Crippen LogP contribution in [0.1, 0.15) is 25.3 Å². The van der Waals surface area contributed by atoms with E-state index in [1.165, 1.54) is 12.8 Å². The lowest BCUT2D eigenvalue weighted by molar-refractivity contribution is 0.347. The van der Waals surface area contributed by atoms with E-state index in [1.807, 2.05) is 6.92 Å². The van der Waals surface area contributed by atoms with Gasteiger partial charge >= 0.3 is 0 Å². The van der Waals surface area contributed by atoms with E-state index in [0.717, 1.165) is 17.9 Å². The molecular formula is C12H20N4. The van der Waals surface area contributed by atoms with Crippen molar-refractivity contribution in [2.75, 3.05) is 18.0 Å². The summed E-state index contributed by atoms with van der Waals surface area (Å²) >= 11 is 0. The smallest absolute Gasteiger partial charge is 0.151 e. The Kier molecular flexibility index (Phi) is 3.39. The normalized spacial score (nSPS) is 25.8. The first-order valence-electron chi connectivity index (χ1n) is 5.98. The number of hydrogen-bond donors (Lipinski definition) is 1. The van der Waals surface area contributed by atoms with Gasteiger partial charge in [-0.05, 0) is 37.3 Å². The molecule has 4 nitrogen and oxygen atoms in total. The molecule has 0 radical (unpaired) electrons. The molecule has 2 atom stereocenters. The number of rotatable bonds is 2. The van der Waals surface area contributed by atoms with E-state index in [0.29, 0.717) is 18.5 Å². The van der Waals surface area contributed by atoms with E-state index in [4.69, 9.17) is 5.73 Å². The van der Waals surface area contributed by atoms with Crippen LogP contribution in [0.5, 0.6) is 0 Å². The topological polar surface area (TPSA) is 55.0 Å². The summed E-state index contributed by atoms with van der Waals surface area (Å²) in [7, 11) is 0. The second-order valence-electron chi connectivity index (χ2n) is 4.71. The van der Waals surface area contributed by atoms with Crippen molar-refractivity contribution in [3.63, 3.8) is 0 Å². The summed E-state index contributed by atoms with van der Waals surface area (Å²) in [5.41, 5.74) is 7.02. The lowest BCUT2D eigenvalue weighted by atomic mass is 9.91. The zero-order valence-electron chi connectivity index (χ0n) is 10.1. The van der Waals surface area contributed by atoms with Crippen LogP contribution in [0.3, 0.4) is 0 Å². The largest absolute Gasteiger partial charge is 0.351 e. The lowest BCUT2D eigenvalue weighted by Crippen LogP contribution is -2.49. The second-order valence-corrected chi connectivity index (χ2v) is 4.71. The summed E-state index contributed by atoms with van der Waals surface area (Å²) in [5.74, 6) is 1.61. The first kappa shape index (κ1) is 11.3. The molecule has 2 unspecified atom stereocenters. The molecule has 0 spiro atoms. The van der Waals surface area contributed by atoms with Crippen LogP contribution < -0.4 is 10.6 Å². The molecule has 1 saturated heterocycles. The quantitative estimate of drug-likeness (QED) is 0.817. The van der Waals surface area contributed by atoms with Crippen LogP contribution in [0.15, 0.2) is 12.3 Å². The Morgan fingerprint density at radius 2 is 2.38 bits per heavy atom. The van der Waals surface area contributed by atoms with E-state index < -0.39 is 0 Å². The minimum Gasteiger partial charge on any atom is -0.351 e.